The van der Waals surface area contributed by atoms with Gasteiger partial charge in [-0.05, 0) is 30.7 Å². The zero-order valence-electron chi connectivity index (χ0n) is 14.3. The lowest BCUT2D eigenvalue weighted by Gasteiger charge is -2.11. The Labute approximate surface area is 149 Å². The fourth-order valence-corrected chi connectivity index (χ4v) is 2.52. The molecule has 0 saturated heterocycles. The Morgan fingerprint density at radius 2 is 1.79 bits per heavy atom. The van der Waals surface area contributed by atoms with Crippen molar-refractivity contribution in [3.8, 4) is 11.5 Å². The first-order valence-electron chi connectivity index (χ1n) is 8.63. The second-order valence-corrected chi connectivity index (χ2v) is 6.05. The average Bonchev–Trinajstić information content (AvgIpc) is 2.60. The molecule has 0 saturated carbocycles. The number of hydrogen-bond donors (Lipinski definition) is 1. The van der Waals surface area contributed by atoms with Crippen molar-refractivity contribution in [1.29, 1.82) is 0 Å². The minimum Gasteiger partial charge on any atom is -0.494 e. The zero-order chi connectivity index (χ0) is 17.0. The summed E-state index contributed by atoms with van der Waals surface area (Å²) in [5.74, 6) is 1.62. The number of hydrogen-bond acceptors (Lipinski definition) is 3. The number of ether oxygens (including phenoxy) is 2. The smallest absolute Gasteiger partial charge is 0.137 e. The van der Waals surface area contributed by atoms with Crippen LogP contribution in [0.2, 0.25) is 5.02 Å². The van der Waals surface area contributed by atoms with Crippen molar-refractivity contribution < 1.29 is 9.47 Å². The molecule has 2 rings (SSSR count). The molecule has 0 bridgehead atoms. The summed E-state index contributed by atoms with van der Waals surface area (Å²) in [5, 5.41) is 3.97. The molecule has 0 aliphatic rings. The van der Waals surface area contributed by atoms with Crippen molar-refractivity contribution in [1.82, 2.24) is 0 Å². The molecule has 0 amide bonds. The van der Waals surface area contributed by atoms with Gasteiger partial charge in [0.15, 0.2) is 0 Å². The maximum absolute atomic E-state index is 6.06. The number of anilines is 1. The summed E-state index contributed by atoms with van der Waals surface area (Å²) in [4.78, 5) is 0. The van der Waals surface area contributed by atoms with Crippen molar-refractivity contribution in [3.63, 3.8) is 0 Å². The fraction of sp³-hybridized carbons (Fsp3) is 0.400. The van der Waals surface area contributed by atoms with E-state index in [1.807, 2.05) is 48.5 Å². The molecule has 4 heteroatoms. The molecule has 0 atom stereocenters. The van der Waals surface area contributed by atoms with E-state index in [1.165, 1.54) is 19.3 Å². The molecule has 0 unspecified atom stereocenters. The summed E-state index contributed by atoms with van der Waals surface area (Å²) in [6.45, 7) is 4.24. The van der Waals surface area contributed by atoms with Crippen LogP contribution in [0, 0.1) is 0 Å². The van der Waals surface area contributed by atoms with Crippen molar-refractivity contribution in [2.75, 3.05) is 25.1 Å². The van der Waals surface area contributed by atoms with Gasteiger partial charge in [0, 0.05) is 18.3 Å². The van der Waals surface area contributed by atoms with Gasteiger partial charge in [0.05, 0.1) is 11.6 Å². The van der Waals surface area contributed by atoms with Gasteiger partial charge in [0.25, 0.3) is 0 Å². The monoisotopic (exact) mass is 347 g/mol. The Balaban J connectivity index is 1.69. The van der Waals surface area contributed by atoms with E-state index in [0.29, 0.717) is 23.9 Å². The van der Waals surface area contributed by atoms with Crippen LogP contribution >= 0.6 is 11.6 Å². The number of nitrogens with one attached hydrogen (secondary N) is 1. The van der Waals surface area contributed by atoms with E-state index < -0.39 is 0 Å². The molecule has 24 heavy (non-hydrogen) atoms. The topological polar surface area (TPSA) is 30.5 Å². The Hall–Kier alpha value is -1.87. The number of unbranched alkanes of at least 4 members (excludes halogenated alkanes) is 3. The number of rotatable bonds is 11. The molecule has 0 radical (unpaired) electrons. The van der Waals surface area contributed by atoms with Gasteiger partial charge in [-0.2, -0.15) is 0 Å². The Morgan fingerprint density at radius 3 is 2.62 bits per heavy atom. The molecular formula is C20H26ClNO2. The van der Waals surface area contributed by atoms with Crippen LogP contribution in [0.4, 0.5) is 5.69 Å². The first-order valence-corrected chi connectivity index (χ1v) is 9.01. The van der Waals surface area contributed by atoms with Crippen LogP contribution < -0.4 is 14.8 Å². The normalized spacial score (nSPS) is 10.4. The summed E-state index contributed by atoms with van der Waals surface area (Å²) in [5.41, 5.74) is 1.03. The van der Waals surface area contributed by atoms with Crippen molar-refractivity contribution in [3.05, 3.63) is 53.6 Å². The maximum Gasteiger partial charge on any atom is 0.137 e. The van der Waals surface area contributed by atoms with Crippen LogP contribution in [0.25, 0.3) is 0 Å². The third-order valence-corrected chi connectivity index (χ3v) is 3.94. The van der Waals surface area contributed by atoms with Gasteiger partial charge in [-0.25, -0.2) is 0 Å². The Morgan fingerprint density at radius 1 is 0.917 bits per heavy atom. The van der Waals surface area contributed by atoms with E-state index in [1.54, 1.807) is 0 Å². The molecule has 0 fully saturated rings. The highest BCUT2D eigenvalue weighted by Crippen LogP contribution is 2.23. The van der Waals surface area contributed by atoms with Gasteiger partial charge < -0.3 is 14.8 Å². The van der Waals surface area contributed by atoms with Crippen LogP contribution in [0.3, 0.4) is 0 Å². The van der Waals surface area contributed by atoms with E-state index in [2.05, 4.69) is 12.2 Å². The van der Waals surface area contributed by atoms with E-state index in [-0.39, 0.29) is 0 Å². The van der Waals surface area contributed by atoms with Crippen LogP contribution in [0.1, 0.15) is 32.6 Å². The Kier molecular flexibility index (Phi) is 8.33. The fourth-order valence-electron chi connectivity index (χ4n) is 2.33. The molecule has 0 aromatic heterocycles. The van der Waals surface area contributed by atoms with Crippen molar-refractivity contribution >= 4 is 17.3 Å². The molecule has 0 aliphatic heterocycles. The SMILES string of the molecule is CCCCCCOc1cccc(NCCOc2ccccc2Cl)c1. The quantitative estimate of drug-likeness (QED) is 0.522. The third-order valence-electron chi connectivity index (χ3n) is 3.63. The predicted molar refractivity (Wildman–Crippen MR) is 102 cm³/mol. The minimum atomic E-state index is 0.547. The summed E-state index contributed by atoms with van der Waals surface area (Å²) in [6.07, 6.45) is 4.86. The lowest BCUT2D eigenvalue weighted by Crippen LogP contribution is -2.11. The molecule has 0 aliphatic carbocycles. The molecule has 0 heterocycles. The van der Waals surface area contributed by atoms with Crippen molar-refractivity contribution in [2.45, 2.75) is 32.6 Å². The molecule has 1 N–H and O–H groups in total. The van der Waals surface area contributed by atoms with E-state index in [4.69, 9.17) is 21.1 Å². The summed E-state index contributed by atoms with van der Waals surface area (Å²) in [6, 6.07) is 15.5. The molecule has 0 spiro atoms. The predicted octanol–water partition coefficient (Wildman–Crippen LogP) is 5.79. The van der Waals surface area contributed by atoms with Crippen LogP contribution in [0.15, 0.2) is 48.5 Å². The molecule has 3 nitrogen and oxygen atoms in total. The standard InChI is InChI=1S/C20H26ClNO2/c1-2-3-4-7-14-23-18-10-8-9-17(16-18)22-13-15-24-20-12-6-5-11-19(20)21/h5-6,8-12,16,22H,2-4,7,13-15H2,1H3. The van der Waals surface area contributed by atoms with Gasteiger partial charge in [-0.15, -0.1) is 0 Å². The lowest BCUT2D eigenvalue weighted by atomic mass is 10.2. The first-order chi connectivity index (χ1) is 11.8. The van der Waals surface area contributed by atoms with Crippen LogP contribution in [0.5, 0.6) is 11.5 Å². The van der Waals surface area contributed by atoms with E-state index in [0.717, 1.165) is 24.5 Å². The maximum atomic E-state index is 6.06. The highest BCUT2D eigenvalue weighted by molar-refractivity contribution is 6.32. The number of para-hydroxylation sites is 1. The summed E-state index contributed by atoms with van der Waals surface area (Å²) < 4.78 is 11.5. The molecular weight excluding hydrogens is 322 g/mol. The van der Waals surface area contributed by atoms with Gasteiger partial charge >= 0.3 is 0 Å². The van der Waals surface area contributed by atoms with Gasteiger partial charge in [-0.1, -0.05) is 56.0 Å². The zero-order valence-corrected chi connectivity index (χ0v) is 15.0. The number of halogens is 1. The molecule has 130 valence electrons. The lowest BCUT2D eigenvalue weighted by molar-refractivity contribution is 0.305. The minimum absolute atomic E-state index is 0.547. The van der Waals surface area contributed by atoms with Gasteiger partial charge in [-0.3, -0.25) is 0 Å². The highest BCUT2D eigenvalue weighted by Gasteiger charge is 2.00. The van der Waals surface area contributed by atoms with Crippen molar-refractivity contribution in [2.24, 2.45) is 0 Å². The molecule has 2 aromatic carbocycles. The largest absolute Gasteiger partial charge is 0.494 e. The molecule has 2 aromatic rings. The highest BCUT2D eigenvalue weighted by atomic mass is 35.5. The average molecular weight is 348 g/mol. The second kappa shape index (κ2) is 10.8. The summed E-state index contributed by atoms with van der Waals surface area (Å²) in [7, 11) is 0. The summed E-state index contributed by atoms with van der Waals surface area (Å²) >= 11 is 6.06. The third kappa shape index (κ3) is 6.71. The van der Waals surface area contributed by atoms with Gasteiger partial charge in [0.2, 0.25) is 0 Å². The van der Waals surface area contributed by atoms with Gasteiger partial charge in [0.1, 0.15) is 18.1 Å². The van der Waals surface area contributed by atoms with E-state index in [9.17, 15) is 0 Å². The second-order valence-electron chi connectivity index (χ2n) is 5.64. The Bertz CT molecular complexity index is 604. The van der Waals surface area contributed by atoms with Crippen LogP contribution in [-0.4, -0.2) is 19.8 Å². The van der Waals surface area contributed by atoms with Crippen LogP contribution in [-0.2, 0) is 0 Å². The first kappa shape index (κ1) is 18.5. The van der Waals surface area contributed by atoms with E-state index >= 15 is 0 Å². The number of benzene rings is 2.